The van der Waals surface area contributed by atoms with Crippen molar-refractivity contribution in [2.24, 2.45) is 5.41 Å². The largest absolute Gasteiger partial charge is 0.486 e. The number of benzene rings is 1. The van der Waals surface area contributed by atoms with Gasteiger partial charge in [-0.1, -0.05) is 20.3 Å². The van der Waals surface area contributed by atoms with Gasteiger partial charge in [0.2, 0.25) is 0 Å². The standard InChI is InChI=1S/C28H36N6O.H2/c1-6-12-28(7-2)16-34(17-28)25-11-8-21(15-31-25)27(30)23-13-22(9-10-24(23)29)35-20(5)26-18(3)14-32-33-19(26)4;/h8-11,13-15,20,30H,6-7,12,16-17,29H2,1-5H3;1H/t20-;/m1./s1. The Morgan fingerprint density at radius 1 is 1.20 bits per heavy atom. The van der Waals surface area contributed by atoms with Crippen LogP contribution in [0.5, 0.6) is 5.75 Å². The smallest absolute Gasteiger partial charge is 0.128 e. The van der Waals surface area contributed by atoms with Gasteiger partial charge in [0.15, 0.2) is 0 Å². The van der Waals surface area contributed by atoms with Crippen LogP contribution >= 0.6 is 0 Å². The second-order valence-electron chi connectivity index (χ2n) is 9.78. The molecule has 0 amide bonds. The van der Waals surface area contributed by atoms with Crippen molar-refractivity contribution in [1.29, 1.82) is 5.41 Å². The molecule has 3 heterocycles. The third-order valence-corrected chi connectivity index (χ3v) is 7.23. The first-order valence-electron chi connectivity index (χ1n) is 12.4. The van der Waals surface area contributed by atoms with Gasteiger partial charge in [-0.2, -0.15) is 10.2 Å². The van der Waals surface area contributed by atoms with Gasteiger partial charge < -0.3 is 15.4 Å². The number of nitrogens with two attached hydrogens (primary N) is 1. The molecule has 1 aromatic carbocycles. The Morgan fingerprint density at radius 3 is 2.60 bits per heavy atom. The number of nitrogen functional groups attached to an aromatic ring is 1. The van der Waals surface area contributed by atoms with Gasteiger partial charge in [0.1, 0.15) is 17.7 Å². The van der Waals surface area contributed by atoms with Crippen LogP contribution < -0.4 is 15.4 Å². The molecule has 1 aliphatic heterocycles. The van der Waals surface area contributed by atoms with Crippen molar-refractivity contribution in [1.82, 2.24) is 15.2 Å². The molecule has 1 aliphatic rings. The summed E-state index contributed by atoms with van der Waals surface area (Å²) in [5.74, 6) is 1.62. The van der Waals surface area contributed by atoms with E-state index >= 15 is 0 Å². The second kappa shape index (κ2) is 10.0. The van der Waals surface area contributed by atoms with Crippen molar-refractivity contribution >= 4 is 17.2 Å². The van der Waals surface area contributed by atoms with Crippen LogP contribution in [-0.2, 0) is 0 Å². The Bertz CT molecular complexity index is 1190. The fourth-order valence-electron chi connectivity index (χ4n) is 5.20. The van der Waals surface area contributed by atoms with E-state index in [1.165, 1.54) is 19.3 Å². The summed E-state index contributed by atoms with van der Waals surface area (Å²) >= 11 is 0. The molecule has 0 spiro atoms. The monoisotopic (exact) mass is 474 g/mol. The molecule has 3 N–H and O–H groups in total. The van der Waals surface area contributed by atoms with E-state index in [0.717, 1.165) is 41.3 Å². The van der Waals surface area contributed by atoms with E-state index in [1.807, 2.05) is 45.0 Å². The zero-order valence-corrected chi connectivity index (χ0v) is 21.4. The molecule has 0 bridgehead atoms. The predicted octanol–water partition coefficient (Wildman–Crippen LogP) is 5.89. The fraction of sp³-hybridized carbons (Fsp3) is 0.429. The normalized spacial score (nSPS) is 15.4. The summed E-state index contributed by atoms with van der Waals surface area (Å²) in [6.45, 7) is 12.6. The fourth-order valence-corrected chi connectivity index (χ4v) is 5.20. The lowest BCUT2D eigenvalue weighted by atomic mass is 9.74. The van der Waals surface area contributed by atoms with Crippen molar-refractivity contribution in [2.75, 3.05) is 23.7 Å². The first-order valence-corrected chi connectivity index (χ1v) is 12.4. The number of hydrogen-bond donors (Lipinski definition) is 2. The molecule has 0 aliphatic carbocycles. The summed E-state index contributed by atoms with van der Waals surface area (Å²) in [6, 6.07) is 9.42. The van der Waals surface area contributed by atoms with E-state index in [0.29, 0.717) is 28.1 Å². The van der Waals surface area contributed by atoms with Crippen molar-refractivity contribution in [2.45, 2.75) is 60.0 Å². The van der Waals surface area contributed by atoms with Gasteiger partial charge in [-0.3, -0.25) is 5.41 Å². The summed E-state index contributed by atoms with van der Waals surface area (Å²) in [7, 11) is 0. The van der Waals surface area contributed by atoms with E-state index in [4.69, 9.17) is 15.9 Å². The minimum Gasteiger partial charge on any atom is -0.486 e. The number of hydrogen-bond acceptors (Lipinski definition) is 7. The molecule has 3 aromatic rings. The highest BCUT2D eigenvalue weighted by Gasteiger charge is 2.41. The van der Waals surface area contributed by atoms with Crippen LogP contribution in [0.25, 0.3) is 0 Å². The van der Waals surface area contributed by atoms with Crippen LogP contribution in [0, 0.1) is 24.7 Å². The van der Waals surface area contributed by atoms with Gasteiger partial charge in [0.05, 0.1) is 17.6 Å². The predicted molar refractivity (Wildman–Crippen MR) is 144 cm³/mol. The van der Waals surface area contributed by atoms with E-state index in [1.54, 1.807) is 18.5 Å². The molecule has 35 heavy (non-hydrogen) atoms. The van der Waals surface area contributed by atoms with Crippen LogP contribution in [0.3, 0.4) is 0 Å². The minimum absolute atomic E-state index is 0. The zero-order valence-electron chi connectivity index (χ0n) is 21.4. The SMILES string of the molecule is CCCC1(CC)CN(c2ccc(C(=N)c3cc(O[C@H](C)c4c(C)cnnc4C)ccc3N)cn2)C1.[HH]. The van der Waals surface area contributed by atoms with Crippen molar-refractivity contribution in [3.05, 3.63) is 70.7 Å². The number of aryl methyl sites for hydroxylation is 2. The van der Waals surface area contributed by atoms with E-state index in [2.05, 4.69) is 33.9 Å². The van der Waals surface area contributed by atoms with Crippen LogP contribution in [0.15, 0.2) is 42.7 Å². The third-order valence-electron chi connectivity index (χ3n) is 7.23. The zero-order chi connectivity index (χ0) is 25.2. The average molecular weight is 475 g/mol. The molecule has 4 rings (SSSR count). The van der Waals surface area contributed by atoms with Crippen molar-refractivity contribution in [3.8, 4) is 5.75 Å². The van der Waals surface area contributed by atoms with E-state index in [-0.39, 0.29) is 7.53 Å². The Labute approximate surface area is 209 Å². The van der Waals surface area contributed by atoms with Crippen molar-refractivity contribution in [3.63, 3.8) is 0 Å². The molecular formula is C28H38N6O. The molecule has 0 radical (unpaired) electrons. The average Bonchev–Trinajstić information content (AvgIpc) is 2.82. The maximum atomic E-state index is 8.80. The molecule has 0 saturated carbocycles. The highest BCUT2D eigenvalue weighted by atomic mass is 16.5. The summed E-state index contributed by atoms with van der Waals surface area (Å²) in [4.78, 5) is 7.00. The number of nitrogens with zero attached hydrogens (tertiary/aromatic N) is 4. The Kier molecular flexibility index (Phi) is 7.05. The molecule has 2 aromatic heterocycles. The van der Waals surface area contributed by atoms with Gasteiger partial charge in [0, 0.05) is 48.5 Å². The lowest BCUT2D eigenvalue weighted by molar-refractivity contribution is 0.182. The molecule has 1 atom stereocenters. The molecule has 0 unspecified atom stereocenters. The highest BCUT2D eigenvalue weighted by Crippen LogP contribution is 2.40. The quantitative estimate of drug-likeness (QED) is 0.296. The number of nitrogens with one attached hydrogen (secondary N) is 1. The van der Waals surface area contributed by atoms with Crippen molar-refractivity contribution < 1.29 is 6.16 Å². The Hall–Kier alpha value is -3.48. The van der Waals surface area contributed by atoms with Crippen LogP contribution in [0.4, 0.5) is 11.5 Å². The van der Waals surface area contributed by atoms with Gasteiger partial charge in [-0.15, -0.1) is 0 Å². The Balaban J connectivity index is 0.00000361. The molecular weight excluding hydrogens is 436 g/mol. The van der Waals surface area contributed by atoms with Crippen LogP contribution in [0.2, 0.25) is 0 Å². The number of anilines is 2. The number of ether oxygens (including phenoxy) is 1. The molecule has 7 heteroatoms. The maximum Gasteiger partial charge on any atom is 0.128 e. The Morgan fingerprint density at radius 2 is 1.97 bits per heavy atom. The second-order valence-corrected chi connectivity index (χ2v) is 9.78. The number of pyridine rings is 1. The first-order chi connectivity index (χ1) is 16.8. The van der Waals surface area contributed by atoms with Crippen LogP contribution in [-0.4, -0.2) is 34.0 Å². The van der Waals surface area contributed by atoms with Gasteiger partial charge in [0.25, 0.3) is 0 Å². The van der Waals surface area contributed by atoms with E-state index < -0.39 is 0 Å². The van der Waals surface area contributed by atoms with Gasteiger partial charge in [-0.05, 0) is 69.5 Å². The van der Waals surface area contributed by atoms with Gasteiger partial charge >= 0.3 is 0 Å². The number of aromatic nitrogens is 3. The molecule has 186 valence electrons. The topological polar surface area (TPSA) is 101 Å². The summed E-state index contributed by atoms with van der Waals surface area (Å²) in [6.07, 6.45) is 6.98. The van der Waals surface area contributed by atoms with Crippen LogP contribution in [0.1, 0.15) is 75.5 Å². The van der Waals surface area contributed by atoms with Gasteiger partial charge in [-0.25, -0.2) is 4.98 Å². The summed E-state index contributed by atoms with van der Waals surface area (Å²) < 4.78 is 6.22. The summed E-state index contributed by atoms with van der Waals surface area (Å²) in [5.41, 5.74) is 11.8. The molecule has 1 fully saturated rings. The molecule has 7 nitrogen and oxygen atoms in total. The number of rotatable bonds is 9. The first kappa shape index (κ1) is 24.6. The lowest BCUT2D eigenvalue weighted by Crippen LogP contribution is -2.56. The molecule has 1 saturated heterocycles. The highest BCUT2D eigenvalue weighted by molar-refractivity contribution is 6.13. The minimum atomic E-state index is -0.211. The maximum absolute atomic E-state index is 8.80. The lowest BCUT2D eigenvalue weighted by Gasteiger charge is -2.51. The third kappa shape index (κ3) is 4.99. The van der Waals surface area contributed by atoms with E-state index in [9.17, 15) is 0 Å². The summed E-state index contributed by atoms with van der Waals surface area (Å²) in [5, 5.41) is 17.0.